The molecule has 10 heteroatoms. The van der Waals surface area contributed by atoms with E-state index in [2.05, 4.69) is 15.0 Å². The number of halogens is 3. The molecule has 0 bridgehead atoms. The molecule has 0 saturated carbocycles. The Labute approximate surface area is 154 Å². The number of alkyl halides is 3. The number of anilines is 1. The first-order valence-corrected chi connectivity index (χ1v) is 8.53. The van der Waals surface area contributed by atoms with Gasteiger partial charge in [-0.15, -0.1) is 13.2 Å². The molecule has 0 aliphatic carbocycles. The summed E-state index contributed by atoms with van der Waals surface area (Å²) in [6.45, 7) is 3.81. The van der Waals surface area contributed by atoms with Crippen LogP contribution in [0.1, 0.15) is 12.8 Å². The topological polar surface area (TPSA) is 82.1 Å². The van der Waals surface area contributed by atoms with Crippen LogP contribution in [0.4, 0.5) is 18.9 Å². The Morgan fingerprint density at radius 1 is 1.07 bits per heavy atom. The van der Waals surface area contributed by atoms with E-state index >= 15 is 0 Å². The molecule has 150 valence electrons. The quantitative estimate of drug-likeness (QED) is 0.708. The van der Waals surface area contributed by atoms with Crippen LogP contribution in [-0.2, 0) is 9.59 Å². The van der Waals surface area contributed by atoms with Gasteiger partial charge in [-0.1, -0.05) is 0 Å². The molecular formula is C17H22F3N3O4. The van der Waals surface area contributed by atoms with Gasteiger partial charge in [0.25, 0.3) is 0 Å². The molecule has 1 aromatic rings. The lowest BCUT2D eigenvalue weighted by Gasteiger charge is -2.34. The minimum Gasteiger partial charge on any atom is -0.481 e. The van der Waals surface area contributed by atoms with Crippen LogP contribution in [0, 0.1) is 0 Å². The highest BCUT2D eigenvalue weighted by Gasteiger charge is 2.31. The molecule has 27 heavy (non-hydrogen) atoms. The van der Waals surface area contributed by atoms with Crippen molar-refractivity contribution in [2.24, 2.45) is 0 Å². The molecular weight excluding hydrogens is 367 g/mol. The second-order valence-electron chi connectivity index (χ2n) is 6.24. The van der Waals surface area contributed by atoms with Crippen LogP contribution in [0.25, 0.3) is 0 Å². The minimum atomic E-state index is -4.75. The fourth-order valence-corrected chi connectivity index (χ4v) is 2.77. The molecule has 0 aromatic heterocycles. The Morgan fingerprint density at radius 3 is 2.22 bits per heavy atom. The predicted octanol–water partition coefficient (Wildman–Crippen LogP) is 2.01. The monoisotopic (exact) mass is 389 g/mol. The van der Waals surface area contributed by atoms with Crippen molar-refractivity contribution in [2.75, 3.05) is 44.6 Å². The maximum Gasteiger partial charge on any atom is 0.573 e. The van der Waals surface area contributed by atoms with Crippen molar-refractivity contribution in [2.45, 2.75) is 19.2 Å². The van der Waals surface area contributed by atoms with Crippen molar-refractivity contribution in [3.8, 4) is 5.75 Å². The highest BCUT2D eigenvalue weighted by molar-refractivity contribution is 5.92. The van der Waals surface area contributed by atoms with E-state index in [0.717, 1.165) is 31.8 Å². The Kier molecular flexibility index (Phi) is 7.43. The zero-order chi connectivity index (χ0) is 19.9. The number of hydrogen-bond acceptors (Lipinski definition) is 5. The molecule has 0 spiro atoms. The van der Waals surface area contributed by atoms with Gasteiger partial charge in [-0.25, -0.2) is 0 Å². The molecule has 1 saturated heterocycles. The maximum atomic E-state index is 12.1. The van der Waals surface area contributed by atoms with Gasteiger partial charge in [-0.3, -0.25) is 14.5 Å². The third kappa shape index (κ3) is 8.27. The zero-order valence-electron chi connectivity index (χ0n) is 14.7. The molecule has 1 amide bonds. The van der Waals surface area contributed by atoms with Gasteiger partial charge in [-0.05, 0) is 37.2 Å². The number of carbonyl (C=O) groups excluding carboxylic acids is 1. The van der Waals surface area contributed by atoms with E-state index in [4.69, 9.17) is 5.11 Å². The normalized spacial score (nSPS) is 16.1. The van der Waals surface area contributed by atoms with Crippen LogP contribution in [0.15, 0.2) is 24.3 Å². The predicted molar refractivity (Wildman–Crippen MR) is 91.5 cm³/mol. The first kappa shape index (κ1) is 21.0. The van der Waals surface area contributed by atoms with Crippen LogP contribution in [0.3, 0.4) is 0 Å². The van der Waals surface area contributed by atoms with Gasteiger partial charge in [0.15, 0.2) is 0 Å². The van der Waals surface area contributed by atoms with Gasteiger partial charge in [0, 0.05) is 38.3 Å². The standard InChI is InChI=1S/C17H22F3N3O4/c18-17(19,20)27-14-5-3-13(4-6-14)21-15(24)12-23-10-8-22(9-11-23)7-1-2-16(25)26/h3-6H,1-2,7-12H2,(H,21,24)(H,25,26). The number of ether oxygens (including phenoxy) is 1. The molecule has 1 heterocycles. The van der Waals surface area contributed by atoms with Crippen molar-refractivity contribution in [1.29, 1.82) is 0 Å². The molecule has 2 N–H and O–H groups in total. The van der Waals surface area contributed by atoms with Crippen LogP contribution in [-0.4, -0.2) is 72.4 Å². The van der Waals surface area contributed by atoms with Crippen LogP contribution < -0.4 is 10.1 Å². The maximum absolute atomic E-state index is 12.1. The number of nitrogens with one attached hydrogen (secondary N) is 1. The minimum absolute atomic E-state index is 0.148. The molecule has 0 unspecified atom stereocenters. The number of aliphatic carboxylic acids is 1. The van der Waals surface area contributed by atoms with Crippen LogP contribution in [0.5, 0.6) is 5.75 Å². The summed E-state index contributed by atoms with van der Waals surface area (Å²) in [5, 5.41) is 11.3. The van der Waals surface area contributed by atoms with E-state index in [1.807, 2.05) is 4.90 Å². The first-order chi connectivity index (χ1) is 12.7. The van der Waals surface area contributed by atoms with Crippen LogP contribution in [0.2, 0.25) is 0 Å². The lowest BCUT2D eigenvalue weighted by atomic mass is 10.2. The summed E-state index contributed by atoms with van der Waals surface area (Å²) in [6.07, 6.45) is -4.00. The average Bonchev–Trinajstić information content (AvgIpc) is 2.56. The van der Waals surface area contributed by atoms with Gasteiger partial charge in [-0.2, -0.15) is 0 Å². The van der Waals surface area contributed by atoms with Crippen LogP contribution >= 0.6 is 0 Å². The molecule has 0 radical (unpaired) electrons. The number of carboxylic acids is 1. The molecule has 1 aromatic carbocycles. The lowest BCUT2D eigenvalue weighted by Crippen LogP contribution is -2.48. The number of carbonyl (C=O) groups is 2. The second-order valence-corrected chi connectivity index (χ2v) is 6.24. The highest BCUT2D eigenvalue weighted by atomic mass is 19.4. The van der Waals surface area contributed by atoms with Gasteiger partial charge < -0.3 is 20.1 Å². The molecule has 1 aliphatic rings. The lowest BCUT2D eigenvalue weighted by molar-refractivity contribution is -0.274. The number of hydrogen-bond donors (Lipinski definition) is 2. The van der Waals surface area contributed by atoms with Gasteiger partial charge in [0.1, 0.15) is 5.75 Å². The largest absolute Gasteiger partial charge is 0.573 e. The van der Waals surface area contributed by atoms with Gasteiger partial charge in [0.05, 0.1) is 6.54 Å². The Hall–Kier alpha value is -2.33. The van der Waals surface area contributed by atoms with E-state index in [-0.39, 0.29) is 24.6 Å². The number of nitrogens with zero attached hydrogens (tertiary/aromatic N) is 2. The Bertz CT molecular complexity index is 629. The summed E-state index contributed by atoms with van der Waals surface area (Å²) >= 11 is 0. The zero-order valence-corrected chi connectivity index (χ0v) is 14.7. The molecule has 1 aliphatic heterocycles. The van der Waals surface area contributed by atoms with Gasteiger partial charge in [0.2, 0.25) is 5.91 Å². The summed E-state index contributed by atoms with van der Waals surface area (Å²) in [7, 11) is 0. The number of benzene rings is 1. The Balaban J connectivity index is 1.70. The third-order valence-electron chi connectivity index (χ3n) is 4.07. The SMILES string of the molecule is O=C(O)CCCN1CCN(CC(=O)Nc2ccc(OC(F)(F)F)cc2)CC1. The van der Waals surface area contributed by atoms with E-state index in [1.165, 1.54) is 12.1 Å². The summed E-state index contributed by atoms with van der Waals surface area (Å²) in [6, 6.07) is 4.97. The van der Waals surface area contributed by atoms with Gasteiger partial charge >= 0.3 is 12.3 Å². The smallest absolute Gasteiger partial charge is 0.481 e. The number of piperazine rings is 1. The third-order valence-corrected chi connectivity index (χ3v) is 4.07. The number of carboxylic acid groups (broad SMARTS) is 1. The summed E-state index contributed by atoms with van der Waals surface area (Å²) in [5.41, 5.74) is 0.391. The molecule has 1 fully saturated rings. The van der Waals surface area contributed by atoms with Crippen molar-refractivity contribution in [3.63, 3.8) is 0 Å². The molecule has 0 atom stereocenters. The Morgan fingerprint density at radius 2 is 1.67 bits per heavy atom. The molecule has 7 nitrogen and oxygen atoms in total. The van der Waals surface area contributed by atoms with E-state index in [0.29, 0.717) is 25.2 Å². The van der Waals surface area contributed by atoms with E-state index < -0.39 is 12.3 Å². The summed E-state index contributed by atoms with van der Waals surface area (Å²) in [4.78, 5) is 26.7. The van der Waals surface area contributed by atoms with Crippen molar-refractivity contribution < 1.29 is 32.6 Å². The highest BCUT2D eigenvalue weighted by Crippen LogP contribution is 2.23. The fraction of sp³-hybridized carbons (Fsp3) is 0.529. The average molecular weight is 389 g/mol. The molecule has 2 rings (SSSR count). The van der Waals surface area contributed by atoms with Crippen molar-refractivity contribution >= 4 is 17.6 Å². The number of amides is 1. The van der Waals surface area contributed by atoms with Crippen molar-refractivity contribution in [1.82, 2.24) is 9.80 Å². The summed E-state index contributed by atoms with van der Waals surface area (Å²) < 4.78 is 40.1. The second kappa shape index (κ2) is 9.56. The fourth-order valence-electron chi connectivity index (χ4n) is 2.77. The first-order valence-electron chi connectivity index (χ1n) is 8.53. The van der Waals surface area contributed by atoms with Crippen molar-refractivity contribution in [3.05, 3.63) is 24.3 Å². The van der Waals surface area contributed by atoms with E-state index in [1.54, 1.807) is 0 Å². The number of rotatable bonds is 8. The van der Waals surface area contributed by atoms with E-state index in [9.17, 15) is 22.8 Å². The summed E-state index contributed by atoms with van der Waals surface area (Å²) in [5.74, 6) is -1.40.